The predicted molar refractivity (Wildman–Crippen MR) is 66.5 cm³/mol. The zero-order valence-electron chi connectivity index (χ0n) is 11.1. The summed E-state index contributed by atoms with van der Waals surface area (Å²) >= 11 is 0. The van der Waals surface area contributed by atoms with Gasteiger partial charge >= 0.3 is 12.0 Å². The van der Waals surface area contributed by atoms with Crippen LogP contribution in [0.5, 0.6) is 0 Å². The first kappa shape index (κ1) is 14.8. The van der Waals surface area contributed by atoms with Gasteiger partial charge in [0.15, 0.2) is 0 Å². The lowest BCUT2D eigenvalue weighted by Crippen LogP contribution is -2.48. The summed E-state index contributed by atoms with van der Waals surface area (Å²) in [5.74, 6) is -0.882. The van der Waals surface area contributed by atoms with Crippen LogP contribution in [0.25, 0.3) is 0 Å². The molecule has 6 nitrogen and oxygen atoms in total. The van der Waals surface area contributed by atoms with Crippen molar-refractivity contribution in [1.82, 2.24) is 9.80 Å². The number of rotatable bonds is 4. The van der Waals surface area contributed by atoms with E-state index in [4.69, 9.17) is 9.84 Å². The van der Waals surface area contributed by atoms with E-state index in [1.54, 1.807) is 16.7 Å². The zero-order chi connectivity index (χ0) is 13.5. The van der Waals surface area contributed by atoms with Crippen molar-refractivity contribution in [2.45, 2.75) is 32.7 Å². The van der Waals surface area contributed by atoms with Gasteiger partial charge in [-0.2, -0.15) is 0 Å². The quantitative estimate of drug-likeness (QED) is 0.817. The molecule has 1 N–H and O–H groups in total. The van der Waals surface area contributed by atoms with Gasteiger partial charge in [-0.25, -0.2) is 4.79 Å². The van der Waals surface area contributed by atoms with Gasteiger partial charge in [-0.05, 0) is 20.3 Å². The number of hydrogen-bond acceptors (Lipinski definition) is 3. The van der Waals surface area contributed by atoms with E-state index < -0.39 is 5.97 Å². The summed E-state index contributed by atoms with van der Waals surface area (Å²) in [6.45, 7) is 6.64. The number of carbonyl (C=O) groups is 2. The molecule has 0 saturated carbocycles. The highest BCUT2D eigenvalue weighted by Gasteiger charge is 2.25. The number of amides is 2. The third-order valence-electron chi connectivity index (χ3n) is 3.08. The van der Waals surface area contributed by atoms with Crippen LogP contribution in [-0.2, 0) is 9.53 Å². The number of carbonyl (C=O) groups excluding carboxylic acids is 1. The minimum absolute atomic E-state index is 0.0239. The Hall–Kier alpha value is -1.30. The molecule has 104 valence electrons. The van der Waals surface area contributed by atoms with Gasteiger partial charge in [-0.3, -0.25) is 4.79 Å². The van der Waals surface area contributed by atoms with Gasteiger partial charge in [-0.1, -0.05) is 0 Å². The maximum Gasteiger partial charge on any atom is 0.320 e. The van der Waals surface area contributed by atoms with E-state index in [9.17, 15) is 9.59 Å². The summed E-state index contributed by atoms with van der Waals surface area (Å²) in [6, 6.07) is -0.374. The molecule has 1 fully saturated rings. The van der Waals surface area contributed by atoms with Crippen molar-refractivity contribution in [1.29, 1.82) is 0 Å². The zero-order valence-corrected chi connectivity index (χ0v) is 11.1. The molecule has 1 rings (SSSR count). The van der Waals surface area contributed by atoms with Gasteiger partial charge in [0.05, 0.1) is 13.0 Å². The van der Waals surface area contributed by atoms with E-state index in [2.05, 4.69) is 0 Å². The van der Waals surface area contributed by atoms with E-state index in [-0.39, 0.29) is 18.5 Å². The molecule has 6 heteroatoms. The molecule has 0 aromatic heterocycles. The van der Waals surface area contributed by atoms with Crippen LogP contribution >= 0.6 is 0 Å². The molecule has 18 heavy (non-hydrogen) atoms. The SMILES string of the molecule is CCN(C(=O)N1CCCOCC1)C(C)CC(=O)O. The molecular formula is C12H22N2O4. The molecule has 0 aromatic carbocycles. The summed E-state index contributed by atoms with van der Waals surface area (Å²) < 4.78 is 5.31. The number of aliphatic carboxylic acids is 1. The first-order valence-electron chi connectivity index (χ1n) is 6.41. The minimum Gasteiger partial charge on any atom is -0.481 e. The second kappa shape index (κ2) is 7.20. The molecule has 1 heterocycles. The van der Waals surface area contributed by atoms with Gasteiger partial charge in [0, 0.05) is 32.3 Å². The fourth-order valence-corrected chi connectivity index (χ4v) is 2.12. The highest BCUT2D eigenvalue weighted by molar-refractivity contribution is 5.76. The highest BCUT2D eigenvalue weighted by Crippen LogP contribution is 2.10. The van der Waals surface area contributed by atoms with E-state index in [1.165, 1.54) is 0 Å². The van der Waals surface area contributed by atoms with Crippen molar-refractivity contribution in [3.05, 3.63) is 0 Å². The Morgan fingerprint density at radius 2 is 2.11 bits per heavy atom. The smallest absolute Gasteiger partial charge is 0.320 e. The summed E-state index contributed by atoms with van der Waals surface area (Å²) in [7, 11) is 0. The standard InChI is InChI=1S/C12H22N2O4/c1-3-14(10(2)9-11(15)16)12(17)13-5-4-7-18-8-6-13/h10H,3-9H2,1-2H3,(H,15,16). The van der Waals surface area contributed by atoms with E-state index in [0.717, 1.165) is 6.42 Å². The van der Waals surface area contributed by atoms with E-state index in [1.807, 2.05) is 6.92 Å². The predicted octanol–water partition coefficient (Wildman–Crippen LogP) is 1.01. The molecule has 0 radical (unpaired) electrons. The maximum atomic E-state index is 12.3. The van der Waals surface area contributed by atoms with Crippen LogP contribution in [0, 0.1) is 0 Å². The molecule has 0 spiro atoms. The van der Waals surface area contributed by atoms with Crippen molar-refractivity contribution >= 4 is 12.0 Å². The van der Waals surface area contributed by atoms with Crippen molar-refractivity contribution in [2.75, 3.05) is 32.8 Å². The van der Waals surface area contributed by atoms with E-state index >= 15 is 0 Å². The van der Waals surface area contributed by atoms with Gasteiger partial charge in [0.25, 0.3) is 0 Å². The second-order valence-corrected chi connectivity index (χ2v) is 4.47. The molecule has 0 aromatic rings. The normalized spacial score (nSPS) is 18.0. The number of ether oxygens (including phenoxy) is 1. The Morgan fingerprint density at radius 1 is 1.39 bits per heavy atom. The highest BCUT2D eigenvalue weighted by atomic mass is 16.5. The Bertz CT molecular complexity index is 288. The molecular weight excluding hydrogens is 236 g/mol. The lowest BCUT2D eigenvalue weighted by molar-refractivity contribution is -0.138. The van der Waals surface area contributed by atoms with Crippen LogP contribution in [0.4, 0.5) is 4.79 Å². The molecule has 1 aliphatic heterocycles. The van der Waals surface area contributed by atoms with Crippen LogP contribution < -0.4 is 0 Å². The molecule has 2 amide bonds. The third-order valence-corrected chi connectivity index (χ3v) is 3.08. The Kier molecular flexibility index (Phi) is 5.91. The molecule has 1 saturated heterocycles. The Morgan fingerprint density at radius 3 is 2.72 bits per heavy atom. The van der Waals surface area contributed by atoms with Crippen LogP contribution in [0.15, 0.2) is 0 Å². The van der Waals surface area contributed by atoms with E-state index in [0.29, 0.717) is 32.8 Å². The minimum atomic E-state index is -0.882. The number of carboxylic acid groups (broad SMARTS) is 1. The van der Waals surface area contributed by atoms with Crippen molar-refractivity contribution < 1.29 is 19.4 Å². The lowest BCUT2D eigenvalue weighted by atomic mass is 10.2. The first-order valence-corrected chi connectivity index (χ1v) is 6.41. The summed E-state index contributed by atoms with van der Waals surface area (Å²) in [5.41, 5.74) is 0. The summed E-state index contributed by atoms with van der Waals surface area (Å²) in [5, 5.41) is 8.79. The molecule has 0 aliphatic carbocycles. The maximum absolute atomic E-state index is 12.3. The van der Waals surface area contributed by atoms with Crippen LogP contribution in [0.3, 0.4) is 0 Å². The van der Waals surface area contributed by atoms with Crippen LogP contribution in [0.2, 0.25) is 0 Å². The monoisotopic (exact) mass is 258 g/mol. The van der Waals surface area contributed by atoms with Crippen molar-refractivity contribution in [2.24, 2.45) is 0 Å². The fraction of sp³-hybridized carbons (Fsp3) is 0.833. The Labute approximate surface area is 107 Å². The average molecular weight is 258 g/mol. The van der Waals surface area contributed by atoms with Gasteiger partial charge < -0.3 is 19.6 Å². The second-order valence-electron chi connectivity index (χ2n) is 4.47. The number of urea groups is 1. The lowest BCUT2D eigenvalue weighted by Gasteiger charge is -2.32. The van der Waals surface area contributed by atoms with Gasteiger partial charge in [-0.15, -0.1) is 0 Å². The summed E-state index contributed by atoms with van der Waals surface area (Å²) in [6.07, 6.45) is 0.806. The van der Waals surface area contributed by atoms with Crippen LogP contribution in [0.1, 0.15) is 26.7 Å². The molecule has 0 bridgehead atoms. The first-order chi connectivity index (χ1) is 8.56. The Balaban J connectivity index is 2.62. The van der Waals surface area contributed by atoms with Crippen LogP contribution in [-0.4, -0.2) is 65.8 Å². The van der Waals surface area contributed by atoms with Crippen molar-refractivity contribution in [3.63, 3.8) is 0 Å². The number of hydrogen-bond donors (Lipinski definition) is 1. The van der Waals surface area contributed by atoms with Crippen molar-refractivity contribution in [3.8, 4) is 0 Å². The largest absolute Gasteiger partial charge is 0.481 e. The molecule has 1 aliphatic rings. The number of carboxylic acids is 1. The summed E-state index contributed by atoms with van der Waals surface area (Å²) in [4.78, 5) is 26.4. The number of nitrogens with zero attached hydrogens (tertiary/aromatic N) is 2. The fourth-order valence-electron chi connectivity index (χ4n) is 2.12. The average Bonchev–Trinajstić information content (AvgIpc) is 2.57. The van der Waals surface area contributed by atoms with Gasteiger partial charge in [0.2, 0.25) is 0 Å². The molecule has 1 atom stereocenters. The van der Waals surface area contributed by atoms with Gasteiger partial charge in [0.1, 0.15) is 0 Å². The molecule has 1 unspecified atom stereocenters. The topological polar surface area (TPSA) is 70.1 Å². The third kappa shape index (κ3) is 4.18.